The third kappa shape index (κ3) is 4.47. The lowest BCUT2D eigenvalue weighted by molar-refractivity contribution is -0.274. The van der Waals surface area contributed by atoms with Crippen LogP contribution < -0.4 is 15.8 Å². The first-order chi connectivity index (χ1) is 16.6. The summed E-state index contributed by atoms with van der Waals surface area (Å²) in [4.78, 5) is 22.9. The number of urea groups is 1. The predicted octanol–water partition coefficient (Wildman–Crippen LogP) is 3.64. The third-order valence-corrected chi connectivity index (χ3v) is 6.64. The molecule has 2 aliphatic rings. The van der Waals surface area contributed by atoms with Gasteiger partial charge in [-0.05, 0) is 44.0 Å². The number of pyridine rings is 2. The van der Waals surface area contributed by atoms with Crippen molar-refractivity contribution in [2.75, 3.05) is 18.8 Å². The molecule has 0 saturated carbocycles. The number of nitrogens with zero attached hydrogens (tertiary/aromatic N) is 5. The molecule has 35 heavy (non-hydrogen) atoms. The Morgan fingerprint density at radius 2 is 2.03 bits per heavy atom. The van der Waals surface area contributed by atoms with Crippen molar-refractivity contribution in [1.29, 1.82) is 0 Å². The first-order valence-electron chi connectivity index (χ1n) is 11.2. The maximum absolute atomic E-state index is 12.9. The van der Waals surface area contributed by atoms with Gasteiger partial charge in [-0.2, -0.15) is 5.10 Å². The van der Waals surface area contributed by atoms with Crippen LogP contribution in [0.2, 0.25) is 0 Å². The molecule has 2 atom stereocenters. The molecule has 3 N–H and O–H groups in total. The van der Waals surface area contributed by atoms with Crippen molar-refractivity contribution < 1.29 is 22.7 Å². The van der Waals surface area contributed by atoms with Gasteiger partial charge in [-0.15, -0.1) is 13.2 Å². The van der Waals surface area contributed by atoms with E-state index in [1.807, 2.05) is 35.9 Å². The van der Waals surface area contributed by atoms with Gasteiger partial charge in [-0.3, -0.25) is 9.67 Å². The van der Waals surface area contributed by atoms with Gasteiger partial charge < -0.3 is 20.7 Å². The van der Waals surface area contributed by atoms with Gasteiger partial charge in [0.05, 0.1) is 17.4 Å². The molecule has 1 spiro atoms. The zero-order valence-corrected chi connectivity index (χ0v) is 18.9. The summed E-state index contributed by atoms with van der Waals surface area (Å²) in [6.45, 7) is 3.67. The van der Waals surface area contributed by atoms with Gasteiger partial charge in [0, 0.05) is 48.7 Å². The lowest BCUT2D eigenvalue weighted by Crippen LogP contribution is -2.41. The van der Waals surface area contributed by atoms with Gasteiger partial charge in [-0.1, -0.05) is 6.07 Å². The number of halogens is 3. The molecule has 2 amide bonds. The molecule has 5 rings (SSSR count). The first-order valence-corrected chi connectivity index (χ1v) is 11.2. The third-order valence-electron chi connectivity index (χ3n) is 6.64. The van der Waals surface area contributed by atoms with Gasteiger partial charge in [-0.25, -0.2) is 9.78 Å². The van der Waals surface area contributed by atoms with Crippen LogP contribution in [0.15, 0.2) is 42.7 Å². The maximum atomic E-state index is 12.9. The summed E-state index contributed by atoms with van der Waals surface area (Å²) in [5, 5.41) is 7.58. The molecule has 1 saturated heterocycles. The average Bonchev–Trinajstić information content (AvgIpc) is 3.52. The van der Waals surface area contributed by atoms with Crippen LogP contribution in [-0.4, -0.2) is 50.1 Å². The zero-order valence-electron chi connectivity index (χ0n) is 18.9. The number of carbonyl (C=O) groups is 1. The van der Waals surface area contributed by atoms with Gasteiger partial charge in [0.25, 0.3) is 0 Å². The highest BCUT2D eigenvalue weighted by Crippen LogP contribution is 2.44. The molecule has 3 aromatic rings. The molecule has 0 bridgehead atoms. The SMILES string of the molecule is C[C@@H](NC(=O)N1CCC2(CCn3nc(-c4cnc(N)c(OC(F)(F)F)c4)cc32)C1)c1ccccn1. The largest absolute Gasteiger partial charge is 0.573 e. The van der Waals surface area contributed by atoms with E-state index in [-0.39, 0.29) is 23.3 Å². The van der Waals surface area contributed by atoms with Crippen molar-refractivity contribution in [3.05, 3.63) is 54.1 Å². The summed E-state index contributed by atoms with van der Waals surface area (Å²) >= 11 is 0. The minimum Gasteiger partial charge on any atom is -0.402 e. The fourth-order valence-corrected chi connectivity index (χ4v) is 4.85. The van der Waals surface area contributed by atoms with Crippen LogP contribution in [0.1, 0.15) is 37.2 Å². The molecule has 1 unspecified atom stereocenters. The fraction of sp³-hybridized carbons (Fsp3) is 0.391. The minimum absolute atomic E-state index is 0.158. The number of nitrogens with one attached hydrogen (secondary N) is 1. The van der Waals surface area contributed by atoms with E-state index in [0.717, 1.165) is 24.2 Å². The first kappa shape index (κ1) is 22.9. The molecule has 5 heterocycles. The van der Waals surface area contributed by atoms with Crippen LogP contribution in [0.4, 0.5) is 23.8 Å². The number of ether oxygens (including phenoxy) is 1. The smallest absolute Gasteiger partial charge is 0.402 e. The number of aryl methyl sites for hydroxylation is 1. The molecule has 9 nitrogen and oxygen atoms in total. The summed E-state index contributed by atoms with van der Waals surface area (Å²) in [6, 6.07) is 8.22. The quantitative estimate of drug-likeness (QED) is 0.581. The normalized spacial score (nSPS) is 20.2. The Hall–Kier alpha value is -3.83. The second-order valence-corrected chi connectivity index (χ2v) is 8.92. The van der Waals surface area contributed by atoms with Gasteiger partial charge in [0.2, 0.25) is 0 Å². The van der Waals surface area contributed by atoms with Crippen LogP contribution in [0.25, 0.3) is 11.3 Å². The van der Waals surface area contributed by atoms with Crippen LogP contribution in [-0.2, 0) is 12.0 Å². The monoisotopic (exact) mass is 487 g/mol. The summed E-state index contributed by atoms with van der Waals surface area (Å²) < 4.78 is 43.9. The van der Waals surface area contributed by atoms with E-state index in [0.29, 0.717) is 30.9 Å². The Kier molecular flexibility index (Phi) is 5.53. The zero-order chi connectivity index (χ0) is 24.8. The number of rotatable bonds is 4. The second-order valence-electron chi connectivity index (χ2n) is 8.92. The molecule has 0 aromatic carbocycles. The molecule has 2 aliphatic heterocycles. The number of nitrogen functional groups attached to an aromatic ring is 1. The fourth-order valence-electron chi connectivity index (χ4n) is 4.85. The van der Waals surface area contributed by atoms with E-state index in [9.17, 15) is 18.0 Å². The second kappa shape index (κ2) is 8.43. The molecule has 0 aliphatic carbocycles. The number of alkyl halides is 3. The van der Waals surface area contributed by atoms with E-state index in [2.05, 4.69) is 25.1 Å². The number of hydrogen-bond donors (Lipinski definition) is 2. The summed E-state index contributed by atoms with van der Waals surface area (Å²) in [5.74, 6) is -0.921. The van der Waals surface area contributed by atoms with Crippen LogP contribution in [0.3, 0.4) is 0 Å². The van der Waals surface area contributed by atoms with E-state index >= 15 is 0 Å². The highest BCUT2D eigenvalue weighted by atomic mass is 19.4. The van der Waals surface area contributed by atoms with E-state index in [1.54, 1.807) is 11.1 Å². The molecular formula is C23H24F3N7O2. The van der Waals surface area contributed by atoms with Crippen molar-refractivity contribution in [3.8, 4) is 17.0 Å². The highest BCUT2D eigenvalue weighted by Gasteiger charge is 2.47. The molecule has 3 aromatic heterocycles. The number of amides is 2. The van der Waals surface area contributed by atoms with E-state index < -0.39 is 12.1 Å². The van der Waals surface area contributed by atoms with Gasteiger partial charge >= 0.3 is 12.4 Å². The lowest BCUT2D eigenvalue weighted by atomic mass is 9.82. The van der Waals surface area contributed by atoms with Crippen molar-refractivity contribution >= 4 is 11.8 Å². The Morgan fingerprint density at radius 3 is 2.77 bits per heavy atom. The standard InChI is InChI=1S/C23H24F3N7O2/c1-14(16-4-2-3-7-28-16)30-21(34)32-8-5-22(13-32)6-9-33-19(22)11-17(31-33)15-10-18(20(27)29-12-15)35-23(24,25)26/h2-4,7,10-12,14H,5-6,8-9,13H2,1H3,(H2,27,29)(H,30,34)/t14-,22?/m1/s1. The molecule has 0 radical (unpaired) electrons. The number of fused-ring (bicyclic) bond motifs is 2. The van der Waals surface area contributed by atoms with Crippen LogP contribution in [0, 0.1) is 0 Å². The summed E-state index contributed by atoms with van der Waals surface area (Å²) in [7, 11) is 0. The molecule has 1 fully saturated rings. The summed E-state index contributed by atoms with van der Waals surface area (Å²) in [6.07, 6.45) is -0.217. The molecular weight excluding hydrogens is 463 g/mol. The number of carbonyl (C=O) groups excluding carboxylic acids is 1. The average molecular weight is 487 g/mol. The topological polar surface area (TPSA) is 111 Å². The van der Waals surface area contributed by atoms with Crippen LogP contribution >= 0.6 is 0 Å². The van der Waals surface area contributed by atoms with Crippen molar-refractivity contribution in [2.24, 2.45) is 0 Å². The Morgan fingerprint density at radius 1 is 1.23 bits per heavy atom. The van der Waals surface area contributed by atoms with Crippen LogP contribution in [0.5, 0.6) is 5.75 Å². The lowest BCUT2D eigenvalue weighted by Gasteiger charge is -2.24. The minimum atomic E-state index is -4.88. The number of aromatic nitrogens is 4. The summed E-state index contributed by atoms with van der Waals surface area (Å²) in [5.41, 5.74) is 7.87. The predicted molar refractivity (Wildman–Crippen MR) is 120 cm³/mol. The Balaban J connectivity index is 1.32. The number of nitrogens with two attached hydrogens (primary N) is 1. The van der Waals surface area contributed by atoms with Gasteiger partial charge in [0.1, 0.15) is 0 Å². The number of hydrogen-bond acceptors (Lipinski definition) is 6. The molecule has 184 valence electrons. The Bertz CT molecular complexity index is 1250. The maximum Gasteiger partial charge on any atom is 0.573 e. The van der Waals surface area contributed by atoms with E-state index in [1.165, 1.54) is 12.3 Å². The molecule has 12 heteroatoms. The Labute approximate surface area is 199 Å². The van der Waals surface area contributed by atoms with E-state index in [4.69, 9.17) is 5.73 Å². The number of likely N-dealkylation sites (tertiary alicyclic amines) is 1. The highest BCUT2D eigenvalue weighted by molar-refractivity contribution is 5.75. The van der Waals surface area contributed by atoms with Crippen molar-refractivity contribution in [1.82, 2.24) is 30.0 Å². The van der Waals surface area contributed by atoms with Crippen molar-refractivity contribution in [2.45, 2.75) is 44.1 Å². The van der Waals surface area contributed by atoms with Gasteiger partial charge in [0.15, 0.2) is 11.6 Å². The van der Waals surface area contributed by atoms with Crippen molar-refractivity contribution in [3.63, 3.8) is 0 Å². The number of anilines is 1.